The molecule has 72 valence electrons. The highest BCUT2D eigenvalue weighted by atomic mass is 16.5. The molecule has 1 rings (SSSR count). The molecule has 0 saturated heterocycles. The van der Waals surface area contributed by atoms with Crippen molar-refractivity contribution < 1.29 is 9.84 Å². The maximum absolute atomic E-state index is 9.28. The van der Waals surface area contributed by atoms with Gasteiger partial charge in [-0.2, -0.15) is 0 Å². The molecule has 1 unspecified atom stereocenters. The van der Waals surface area contributed by atoms with Crippen LogP contribution in [-0.4, -0.2) is 24.9 Å². The fourth-order valence-corrected chi connectivity index (χ4v) is 1.12. The molecule has 0 aliphatic rings. The maximum atomic E-state index is 9.28. The van der Waals surface area contributed by atoms with Crippen LogP contribution in [0.2, 0.25) is 0 Å². The lowest BCUT2D eigenvalue weighted by molar-refractivity contribution is 0.183. The van der Waals surface area contributed by atoms with Gasteiger partial charge >= 0.3 is 0 Å². The summed E-state index contributed by atoms with van der Waals surface area (Å²) in [6, 6.07) is 7.60. The smallest absolute Gasteiger partial charge is 0.118 e. The summed E-state index contributed by atoms with van der Waals surface area (Å²) in [6.45, 7) is 0.298. The number of benzene rings is 1. The van der Waals surface area contributed by atoms with Crippen LogP contribution in [0.25, 0.3) is 0 Å². The van der Waals surface area contributed by atoms with Gasteiger partial charge in [0.05, 0.1) is 13.2 Å². The van der Waals surface area contributed by atoms with Crippen molar-refractivity contribution in [2.24, 2.45) is 5.73 Å². The quantitative estimate of drug-likeness (QED) is 0.713. The number of aliphatic hydroxyl groups is 1. The molecule has 0 aliphatic heterocycles. The molecule has 1 aromatic rings. The lowest BCUT2D eigenvalue weighted by Crippen LogP contribution is -2.21. The van der Waals surface area contributed by atoms with Crippen molar-refractivity contribution >= 4 is 0 Å². The number of rotatable bonds is 4. The first-order chi connectivity index (χ1) is 6.26. The van der Waals surface area contributed by atoms with Crippen LogP contribution in [0.1, 0.15) is 5.56 Å². The Labute approximate surface area is 78.1 Å². The van der Waals surface area contributed by atoms with E-state index in [2.05, 4.69) is 0 Å². The summed E-state index contributed by atoms with van der Waals surface area (Å²) in [7, 11) is 1.63. The van der Waals surface area contributed by atoms with E-state index in [1.165, 1.54) is 0 Å². The summed E-state index contributed by atoms with van der Waals surface area (Å²) >= 11 is 0. The second-order valence-corrected chi connectivity index (χ2v) is 2.94. The van der Waals surface area contributed by atoms with E-state index in [1.807, 2.05) is 24.3 Å². The van der Waals surface area contributed by atoms with Gasteiger partial charge in [0.25, 0.3) is 0 Å². The third kappa shape index (κ3) is 3.05. The second kappa shape index (κ2) is 4.84. The van der Waals surface area contributed by atoms with Crippen molar-refractivity contribution in [1.82, 2.24) is 0 Å². The van der Waals surface area contributed by atoms with Crippen LogP contribution in [0.5, 0.6) is 5.75 Å². The minimum atomic E-state index is -0.451. The fourth-order valence-electron chi connectivity index (χ4n) is 1.12. The van der Waals surface area contributed by atoms with Gasteiger partial charge in [-0.05, 0) is 24.1 Å². The molecule has 0 bridgehead atoms. The van der Waals surface area contributed by atoms with E-state index in [9.17, 15) is 5.11 Å². The van der Waals surface area contributed by atoms with Gasteiger partial charge < -0.3 is 15.6 Å². The normalized spacial score (nSPS) is 12.5. The Morgan fingerprint density at radius 3 is 2.46 bits per heavy atom. The van der Waals surface area contributed by atoms with E-state index in [4.69, 9.17) is 10.5 Å². The van der Waals surface area contributed by atoms with Crippen LogP contribution >= 0.6 is 0 Å². The molecule has 0 amide bonds. The molecule has 3 nitrogen and oxygen atoms in total. The minimum Gasteiger partial charge on any atom is -0.497 e. The molecular weight excluding hydrogens is 166 g/mol. The molecule has 1 aromatic carbocycles. The number of hydrogen-bond donors (Lipinski definition) is 2. The monoisotopic (exact) mass is 181 g/mol. The Balaban J connectivity index is 2.58. The first kappa shape index (κ1) is 10.0. The Morgan fingerprint density at radius 1 is 1.38 bits per heavy atom. The van der Waals surface area contributed by atoms with Gasteiger partial charge in [-0.1, -0.05) is 12.1 Å². The lowest BCUT2D eigenvalue weighted by atomic mass is 10.1. The van der Waals surface area contributed by atoms with Crippen molar-refractivity contribution in [1.29, 1.82) is 0 Å². The molecule has 0 heterocycles. The number of nitrogens with two attached hydrogens (primary N) is 1. The molecule has 13 heavy (non-hydrogen) atoms. The first-order valence-corrected chi connectivity index (χ1v) is 4.27. The van der Waals surface area contributed by atoms with E-state index < -0.39 is 6.10 Å². The molecule has 0 fully saturated rings. The van der Waals surface area contributed by atoms with Crippen molar-refractivity contribution in [3.63, 3.8) is 0 Å². The summed E-state index contributed by atoms with van der Waals surface area (Å²) in [6.07, 6.45) is 0.147. The zero-order valence-corrected chi connectivity index (χ0v) is 7.73. The fraction of sp³-hybridized carbons (Fsp3) is 0.400. The van der Waals surface area contributed by atoms with Crippen molar-refractivity contribution in [3.05, 3.63) is 29.8 Å². The van der Waals surface area contributed by atoms with E-state index >= 15 is 0 Å². The van der Waals surface area contributed by atoms with Gasteiger partial charge in [0.1, 0.15) is 5.75 Å². The van der Waals surface area contributed by atoms with Gasteiger partial charge in [0.2, 0.25) is 0 Å². The highest BCUT2D eigenvalue weighted by Crippen LogP contribution is 2.12. The first-order valence-electron chi connectivity index (χ1n) is 4.27. The largest absolute Gasteiger partial charge is 0.497 e. The highest BCUT2D eigenvalue weighted by molar-refractivity contribution is 5.27. The molecular formula is C10H15NO2. The van der Waals surface area contributed by atoms with E-state index in [1.54, 1.807) is 7.11 Å². The average Bonchev–Trinajstić information content (AvgIpc) is 2.19. The molecule has 0 aromatic heterocycles. The standard InChI is InChI=1S/C10H15NO2/c1-13-10-4-2-8(3-5-10)6-9(12)7-11/h2-5,9,12H,6-7,11H2,1H3. The molecule has 0 saturated carbocycles. The van der Waals surface area contributed by atoms with E-state index in [-0.39, 0.29) is 0 Å². The van der Waals surface area contributed by atoms with Crippen molar-refractivity contribution in [2.45, 2.75) is 12.5 Å². The van der Waals surface area contributed by atoms with Gasteiger partial charge in [0, 0.05) is 6.54 Å². The number of aliphatic hydroxyl groups excluding tert-OH is 1. The predicted molar refractivity (Wildman–Crippen MR) is 51.8 cm³/mol. The Hall–Kier alpha value is -1.06. The molecule has 0 spiro atoms. The summed E-state index contributed by atoms with van der Waals surface area (Å²) in [5.41, 5.74) is 6.37. The van der Waals surface area contributed by atoms with Crippen LogP contribution in [0.4, 0.5) is 0 Å². The van der Waals surface area contributed by atoms with Gasteiger partial charge in [0.15, 0.2) is 0 Å². The third-order valence-corrected chi connectivity index (χ3v) is 1.90. The number of methoxy groups -OCH3 is 1. The second-order valence-electron chi connectivity index (χ2n) is 2.94. The molecule has 0 aliphatic carbocycles. The van der Waals surface area contributed by atoms with Crippen LogP contribution in [0.15, 0.2) is 24.3 Å². The number of hydrogen-bond acceptors (Lipinski definition) is 3. The van der Waals surface area contributed by atoms with Crippen LogP contribution in [0.3, 0.4) is 0 Å². The van der Waals surface area contributed by atoms with Crippen LogP contribution in [0, 0.1) is 0 Å². The zero-order valence-electron chi connectivity index (χ0n) is 7.73. The van der Waals surface area contributed by atoms with Gasteiger partial charge in [-0.15, -0.1) is 0 Å². The summed E-state index contributed by atoms with van der Waals surface area (Å²) < 4.78 is 5.01. The van der Waals surface area contributed by atoms with Crippen LogP contribution < -0.4 is 10.5 Å². The third-order valence-electron chi connectivity index (χ3n) is 1.90. The number of ether oxygens (including phenoxy) is 1. The SMILES string of the molecule is COc1ccc(CC(O)CN)cc1. The summed E-state index contributed by atoms with van der Waals surface area (Å²) in [4.78, 5) is 0. The summed E-state index contributed by atoms with van der Waals surface area (Å²) in [5.74, 6) is 0.825. The maximum Gasteiger partial charge on any atom is 0.118 e. The Bertz CT molecular complexity index is 246. The Kier molecular flexibility index (Phi) is 3.73. The van der Waals surface area contributed by atoms with E-state index in [0.717, 1.165) is 11.3 Å². The molecule has 0 radical (unpaired) electrons. The molecule has 1 atom stereocenters. The van der Waals surface area contributed by atoms with Gasteiger partial charge in [-0.25, -0.2) is 0 Å². The van der Waals surface area contributed by atoms with E-state index in [0.29, 0.717) is 13.0 Å². The molecule has 3 N–H and O–H groups in total. The van der Waals surface area contributed by atoms with Crippen molar-refractivity contribution in [3.8, 4) is 5.75 Å². The van der Waals surface area contributed by atoms with Gasteiger partial charge in [-0.3, -0.25) is 0 Å². The highest BCUT2D eigenvalue weighted by Gasteiger charge is 2.02. The predicted octanol–water partition coefficient (Wildman–Crippen LogP) is 0.557. The lowest BCUT2D eigenvalue weighted by Gasteiger charge is -2.07. The molecule has 3 heteroatoms. The topological polar surface area (TPSA) is 55.5 Å². The Morgan fingerprint density at radius 2 is 2.00 bits per heavy atom. The zero-order chi connectivity index (χ0) is 9.68. The summed E-state index contributed by atoms with van der Waals surface area (Å²) in [5, 5.41) is 9.28. The van der Waals surface area contributed by atoms with Crippen molar-refractivity contribution in [2.75, 3.05) is 13.7 Å². The average molecular weight is 181 g/mol. The van der Waals surface area contributed by atoms with Crippen LogP contribution in [-0.2, 0) is 6.42 Å². The minimum absolute atomic E-state index is 0.298.